The van der Waals surface area contributed by atoms with E-state index in [1.807, 2.05) is 24.3 Å². The van der Waals surface area contributed by atoms with E-state index in [-0.39, 0.29) is 11.9 Å². The van der Waals surface area contributed by atoms with E-state index in [1.54, 1.807) is 19.2 Å². The first-order valence-corrected chi connectivity index (χ1v) is 8.92. The highest BCUT2D eigenvalue weighted by Crippen LogP contribution is 2.24. The summed E-state index contributed by atoms with van der Waals surface area (Å²) in [5.74, 6) is 0.376. The lowest BCUT2D eigenvalue weighted by molar-refractivity contribution is 0.0187. The third-order valence-corrected chi connectivity index (χ3v) is 4.59. The van der Waals surface area contributed by atoms with Crippen LogP contribution in [0.25, 0.3) is 0 Å². The number of carbonyl (C=O) groups is 1. The number of aromatic nitrogens is 2. The molecule has 2 aromatic rings. The number of morpholine rings is 1. The van der Waals surface area contributed by atoms with Gasteiger partial charge in [0.25, 0.3) is 5.91 Å². The van der Waals surface area contributed by atoms with Gasteiger partial charge in [-0.1, -0.05) is 23.7 Å². The molecule has 2 N–H and O–H groups in total. The zero-order valence-electron chi connectivity index (χ0n) is 14.6. The smallest absolute Gasteiger partial charge is 0.271 e. The zero-order chi connectivity index (χ0) is 18.4. The number of hydrogen-bond acceptors (Lipinski definition) is 6. The first-order chi connectivity index (χ1) is 12.7. The Morgan fingerprint density at radius 1 is 1.19 bits per heavy atom. The second kappa shape index (κ2) is 8.93. The maximum atomic E-state index is 11.5. The number of carbonyl (C=O) groups excluding carboxylic acids is 1. The lowest BCUT2D eigenvalue weighted by Gasteiger charge is -2.35. The first kappa shape index (κ1) is 18.6. The van der Waals surface area contributed by atoms with Gasteiger partial charge in [-0.2, -0.15) is 0 Å². The average Bonchev–Trinajstić information content (AvgIpc) is 2.70. The zero-order valence-corrected chi connectivity index (χ0v) is 15.4. The van der Waals surface area contributed by atoms with Gasteiger partial charge < -0.3 is 15.4 Å². The number of rotatable bonds is 6. The molecule has 0 aliphatic carbocycles. The highest BCUT2D eigenvalue weighted by Gasteiger charge is 2.22. The maximum Gasteiger partial charge on any atom is 0.271 e. The monoisotopic (exact) mass is 375 g/mol. The van der Waals surface area contributed by atoms with Crippen molar-refractivity contribution in [3.63, 3.8) is 0 Å². The number of amides is 1. The minimum atomic E-state index is -0.253. The van der Waals surface area contributed by atoms with Crippen LogP contribution < -0.4 is 10.6 Å². The molecule has 0 saturated carbocycles. The lowest BCUT2D eigenvalue weighted by atomic mass is 10.0. The van der Waals surface area contributed by atoms with E-state index in [9.17, 15) is 4.79 Å². The van der Waals surface area contributed by atoms with Gasteiger partial charge in [0.05, 0.1) is 19.3 Å². The van der Waals surface area contributed by atoms with E-state index < -0.39 is 0 Å². The minimum absolute atomic E-state index is 0.164. The molecule has 0 spiro atoms. The van der Waals surface area contributed by atoms with Crippen LogP contribution in [-0.2, 0) is 4.74 Å². The molecular formula is C18H22ClN5O2. The van der Waals surface area contributed by atoms with Crippen molar-refractivity contribution in [2.24, 2.45) is 0 Å². The van der Waals surface area contributed by atoms with Gasteiger partial charge in [0.2, 0.25) is 0 Å². The highest BCUT2D eigenvalue weighted by atomic mass is 35.5. The molecule has 138 valence electrons. The number of halogens is 1. The number of hydrogen-bond donors (Lipinski definition) is 2. The molecule has 26 heavy (non-hydrogen) atoms. The van der Waals surface area contributed by atoms with Crippen LogP contribution in [0.3, 0.4) is 0 Å². The predicted octanol–water partition coefficient (Wildman–Crippen LogP) is 1.97. The summed E-state index contributed by atoms with van der Waals surface area (Å²) >= 11 is 6.03. The van der Waals surface area contributed by atoms with Crippen LogP contribution in [0.4, 0.5) is 5.82 Å². The summed E-state index contributed by atoms with van der Waals surface area (Å²) in [5.41, 5.74) is 1.47. The van der Waals surface area contributed by atoms with Gasteiger partial charge in [-0.25, -0.2) is 0 Å². The van der Waals surface area contributed by atoms with Gasteiger partial charge in [-0.15, -0.1) is 10.2 Å². The lowest BCUT2D eigenvalue weighted by Crippen LogP contribution is -2.41. The molecule has 7 nitrogen and oxygen atoms in total. The normalized spacial score (nSPS) is 16.1. The number of anilines is 1. The van der Waals surface area contributed by atoms with Crippen LogP contribution >= 0.6 is 11.6 Å². The molecule has 1 saturated heterocycles. The fourth-order valence-corrected chi connectivity index (χ4v) is 3.03. The molecule has 8 heteroatoms. The van der Waals surface area contributed by atoms with Gasteiger partial charge in [0, 0.05) is 31.7 Å². The van der Waals surface area contributed by atoms with Gasteiger partial charge in [-0.3, -0.25) is 9.69 Å². The van der Waals surface area contributed by atoms with Crippen molar-refractivity contribution in [1.29, 1.82) is 0 Å². The van der Waals surface area contributed by atoms with E-state index in [0.717, 1.165) is 31.3 Å². The second-order valence-corrected chi connectivity index (χ2v) is 6.42. The second-order valence-electron chi connectivity index (χ2n) is 5.98. The van der Waals surface area contributed by atoms with Gasteiger partial charge in [-0.05, 0) is 29.8 Å². The summed E-state index contributed by atoms with van der Waals surface area (Å²) < 4.78 is 5.47. The fraction of sp³-hybridized carbons (Fsp3) is 0.389. The molecule has 1 amide bonds. The molecular weight excluding hydrogens is 354 g/mol. The number of benzene rings is 1. The van der Waals surface area contributed by atoms with Crippen molar-refractivity contribution in [2.45, 2.75) is 6.04 Å². The van der Waals surface area contributed by atoms with Crippen LogP contribution in [0, 0.1) is 0 Å². The highest BCUT2D eigenvalue weighted by molar-refractivity contribution is 6.30. The summed E-state index contributed by atoms with van der Waals surface area (Å²) in [5, 5.41) is 14.6. The Bertz CT molecular complexity index is 717. The Labute approximate surface area is 157 Å². The first-order valence-electron chi connectivity index (χ1n) is 8.54. The minimum Gasteiger partial charge on any atom is -0.379 e. The van der Waals surface area contributed by atoms with E-state index >= 15 is 0 Å². The molecule has 1 aliphatic rings. The summed E-state index contributed by atoms with van der Waals surface area (Å²) in [4.78, 5) is 13.9. The van der Waals surface area contributed by atoms with Crippen molar-refractivity contribution in [2.75, 3.05) is 45.2 Å². The Morgan fingerprint density at radius 2 is 1.92 bits per heavy atom. The number of nitrogens with one attached hydrogen (secondary N) is 2. The van der Waals surface area contributed by atoms with Crippen LogP contribution in [0.1, 0.15) is 22.1 Å². The van der Waals surface area contributed by atoms with Crippen LogP contribution in [-0.4, -0.2) is 60.9 Å². The Balaban J connectivity index is 1.71. The predicted molar refractivity (Wildman–Crippen MR) is 100 cm³/mol. The third-order valence-electron chi connectivity index (χ3n) is 4.34. The van der Waals surface area contributed by atoms with Crippen molar-refractivity contribution in [3.05, 3.63) is 52.7 Å². The summed E-state index contributed by atoms with van der Waals surface area (Å²) in [6.45, 7) is 3.86. The van der Waals surface area contributed by atoms with Gasteiger partial charge >= 0.3 is 0 Å². The van der Waals surface area contributed by atoms with Crippen molar-refractivity contribution >= 4 is 23.3 Å². The van der Waals surface area contributed by atoms with Crippen LogP contribution in [0.2, 0.25) is 5.02 Å². The van der Waals surface area contributed by atoms with Gasteiger partial charge in [0.15, 0.2) is 5.69 Å². The quantitative estimate of drug-likeness (QED) is 0.803. The Hall–Kier alpha value is -2.22. The molecule has 2 heterocycles. The van der Waals surface area contributed by atoms with Crippen LogP contribution in [0.5, 0.6) is 0 Å². The molecule has 1 atom stereocenters. The standard InChI is InChI=1S/C18H22ClN5O2/c1-20-18(25)15-6-7-17(23-22-15)21-12-16(24-8-10-26-11-9-24)13-2-4-14(19)5-3-13/h2-7,16H,8-12H2,1H3,(H,20,25)(H,21,23). The summed E-state index contributed by atoms with van der Waals surface area (Å²) in [6, 6.07) is 11.5. The molecule has 0 bridgehead atoms. The van der Waals surface area contributed by atoms with Crippen LogP contribution in [0.15, 0.2) is 36.4 Å². The third kappa shape index (κ3) is 4.69. The molecule has 1 unspecified atom stereocenters. The maximum absolute atomic E-state index is 11.5. The van der Waals surface area contributed by atoms with Crippen molar-refractivity contribution in [1.82, 2.24) is 20.4 Å². The van der Waals surface area contributed by atoms with E-state index in [4.69, 9.17) is 16.3 Å². The molecule has 1 aromatic carbocycles. The summed E-state index contributed by atoms with van der Waals surface area (Å²) in [6.07, 6.45) is 0. The molecule has 1 aromatic heterocycles. The topological polar surface area (TPSA) is 79.4 Å². The number of nitrogens with zero attached hydrogens (tertiary/aromatic N) is 3. The Morgan fingerprint density at radius 3 is 2.54 bits per heavy atom. The van der Waals surface area contributed by atoms with E-state index in [0.29, 0.717) is 18.1 Å². The molecule has 1 aliphatic heterocycles. The Kier molecular flexibility index (Phi) is 6.38. The number of ether oxygens (including phenoxy) is 1. The average molecular weight is 376 g/mol. The molecule has 1 fully saturated rings. The largest absolute Gasteiger partial charge is 0.379 e. The van der Waals surface area contributed by atoms with Crippen molar-refractivity contribution < 1.29 is 9.53 Å². The fourth-order valence-electron chi connectivity index (χ4n) is 2.91. The SMILES string of the molecule is CNC(=O)c1ccc(NCC(c2ccc(Cl)cc2)N2CCOCC2)nn1. The van der Waals surface area contributed by atoms with Gasteiger partial charge in [0.1, 0.15) is 5.82 Å². The summed E-state index contributed by atoms with van der Waals surface area (Å²) in [7, 11) is 1.56. The van der Waals surface area contributed by atoms with E-state index in [1.165, 1.54) is 5.56 Å². The molecule has 0 radical (unpaired) electrons. The molecule has 3 rings (SSSR count). The van der Waals surface area contributed by atoms with E-state index in [2.05, 4.69) is 25.7 Å². The van der Waals surface area contributed by atoms with Crippen molar-refractivity contribution in [3.8, 4) is 0 Å².